The minimum absolute atomic E-state index is 0.253. The number of amides is 1. The van der Waals surface area contributed by atoms with Crippen molar-refractivity contribution in [3.8, 4) is 0 Å². The van der Waals surface area contributed by atoms with Crippen molar-refractivity contribution in [3.63, 3.8) is 0 Å². The maximum absolute atomic E-state index is 12.0. The number of fused-ring (bicyclic) bond motifs is 1. The molecule has 3 nitrogen and oxygen atoms in total. The molecule has 1 fully saturated rings. The van der Waals surface area contributed by atoms with Gasteiger partial charge in [0.25, 0.3) is 0 Å². The molecule has 120 valence electrons. The van der Waals surface area contributed by atoms with Crippen LogP contribution in [0.2, 0.25) is 0 Å². The first-order chi connectivity index (χ1) is 11.3. The van der Waals surface area contributed by atoms with E-state index in [2.05, 4.69) is 47.1 Å². The fourth-order valence-corrected chi connectivity index (χ4v) is 4.41. The quantitative estimate of drug-likeness (QED) is 0.865. The van der Waals surface area contributed by atoms with Gasteiger partial charge in [-0.1, -0.05) is 30.3 Å². The Kier molecular flexibility index (Phi) is 4.19. The molecule has 4 heteroatoms. The summed E-state index contributed by atoms with van der Waals surface area (Å²) in [5.74, 6) is 0.541. The third kappa shape index (κ3) is 3.33. The van der Waals surface area contributed by atoms with Crippen LogP contribution < -0.4 is 10.2 Å². The molecule has 2 aromatic rings. The Morgan fingerprint density at radius 1 is 1.22 bits per heavy atom. The largest absolute Gasteiger partial charge is 0.349 e. The zero-order valence-corrected chi connectivity index (χ0v) is 14.1. The summed E-state index contributed by atoms with van der Waals surface area (Å²) in [6, 6.07) is 13.5. The average Bonchev–Trinajstić information content (AvgIpc) is 3.31. The van der Waals surface area contributed by atoms with Gasteiger partial charge in [-0.25, -0.2) is 0 Å². The van der Waals surface area contributed by atoms with Crippen LogP contribution in [-0.4, -0.2) is 19.0 Å². The summed E-state index contributed by atoms with van der Waals surface area (Å²) in [6.45, 7) is 2.95. The van der Waals surface area contributed by atoms with Crippen molar-refractivity contribution in [3.05, 3.63) is 57.8 Å². The van der Waals surface area contributed by atoms with Gasteiger partial charge in [-0.15, -0.1) is 11.3 Å². The van der Waals surface area contributed by atoms with Crippen LogP contribution in [-0.2, 0) is 17.8 Å². The van der Waals surface area contributed by atoms with E-state index in [1.165, 1.54) is 16.0 Å². The zero-order valence-electron chi connectivity index (χ0n) is 13.3. The molecule has 4 rings (SSSR count). The third-order valence-corrected chi connectivity index (χ3v) is 6.05. The van der Waals surface area contributed by atoms with E-state index in [0.29, 0.717) is 6.04 Å². The van der Waals surface area contributed by atoms with Gasteiger partial charge in [-0.3, -0.25) is 4.79 Å². The lowest BCUT2D eigenvalue weighted by molar-refractivity contribution is -0.945. The van der Waals surface area contributed by atoms with Crippen molar-refractivity contribution in [2.45, 2.75) is 31.8 Å². The molecular weight excluding hydrogens is 304 g/mol. The highest BCUT2D eigenvalue weighted by molar-refractivity contribution is 7.10. The Morgan fingerprint density at radius 2 is 2.04 bits per heavy atom. The lowest BCUT2D eigenvalue weighted by atomic mass is 9.98. The molecule has 2 aliphatic rings. The fourth-order valence-electron chi connectivity index (χ4n) is 3.53. The van der Waals surface area contributed by atoms with Crippen molar-refractivity contribution in [2.75, 3.05) is 13.1 Å². The van der Waals surface area contributed by atoms with E-state index in [0.717, 1.165) is 38.9 Å². The molecule has 1 aliphatic heterocycles. The van der Waals surface area contributed by atoms with Gasteiger partial charge in [0.2, 0.25) is 5.91 Å². The van der Waals surface area contributed by atoms with E-state index in [1.807, 2.05) is 11.3 Å². The van der Waals surface area contributed by atoms with Crippen LogP contribution in [0.25, 0.3) is 0 Å². The number of quaternary nitrogens is 1. The molecular formula is C19H23N2OS+. The molecule has 1 amide bonds. The van der Waals surface area contributed by atoms with Crippen molar-refractivity contribution in [2.24, 2.45) is 5.92 Å². The summed E-state index contributed by atoms with van der Waals surface area (Å²) >= 11 is 1.81. The van der Waals surface area contributed by atoms with Gasteiger partial charge in [-0.05, 0) is 29.9 Å². The first-order valence-corrected chi connectivity index (χ1v) is 9.41. The highest BCUT2D eigenvalue weighted by Gasteiger charge is 2.33. The minimum Gasteiger partial charge on any atom is -0.349 e. The fraction of sp³-hybridized carbons (Fsp3) is 0.421. The van der Waals surface area contributed by atoms with E-state index >= 15 is 0 Å². The van der Waals surface area contributed by atoms with Gasteiger partial charge in [0, 0.05) is 17.9 Å². The zero-order chi connectivity index (χ0) is 15.6. The Morgan fingerprint density at radius 3 is 2.78 bits per heavy atom. The van der Waals surface area contributed by atoms with Gasteiger partial charge in [0.05, 0.1) is 18.0 Å². The Bertz CT molecular complexity index is 678. The van der Waals surface area contributed by atoms with E-state index in [-0.39, 0.29) is 11.8 Å². The van der Waals surface area contributed by atoms with E-state index in [9.17, 15) is 4.79 Å². The maximum atomic E-state index is 12.0. The second-order valence-electron chi connectivity index (χ2n) is 6.69. The maximum Gasteiger partial charge on any atom is 0.223 e. The van der Waals surface area contributed by atoms with Crippen molar-refractivity contribution in [1.82, 2.24) is 5.32 Å². The number of benzene rings is 1. The van der Waals surface area contributed by atoms with Crippen LogP contribution in [0.3, 0.4) is 0 Å². The molecule has 1 unspecified atom stereocenters. The highest BCUT2D eigenvalue weighted by Crippen LogP contribution is 2.29. The van der Waals surface area contributed by atoms with Crippen LogP contribution in [0.15, 0.2) is 41.8 Å². The van der Waals surface area contributed by atoms with Crippen LogP contribution in [0.1, 0.15) is 34.9 Å². The van der Waals surface area contributed by atoms with E-state index in [4.69, 9.17) is 0 Å². The summed E-state index contributed by atoms with van der Waals surface area (Å²) in [4.78, 5) is 15.0. The second-order valence-corrected chi connectivity index (χ2v) is 7.67. The van der Waals surface area contributed by atoms with Crippen LogP contribution >= 0.6 is 11.3 Å². The summed E-state index contributed by atoms with van der Waals surface area (Å²) < 4.78 is 0. The number of carbonyl (C=O) groups excluding carboxylic acids is 1. The van der Waals surface area contributed by atoms with E-state index in [1.54, 1.807) is 4.90 Å². The van der Waals surface area contributed by atoms with Crippen molar-refractivity contribution >= 4 is 17.2 Å². The summed E-state index contributed by atoms with van der Waals surface area (Å²) in [6.07, 6.45) is 3.27. The van der Waals surface area contributed by atoms with Crippen LogP contribution in [0.5, 0.6) is 0 Å². The summed E-state index contributed by atoms with van der Waals surface area (Å²) in [5, 5.41) is 5.34. The number of nitrogens with one attached hydrogen (secondary N) is 2. The summed E-state index contributed by atoms with van der Waals surface area (Å²) in [7, 11) is 0. The Hall–Kier alpha value is -1.65. The van der Waals surface area contributed by atoms with Gasteiger partial charge >= 0.3 is 0 Å². The van der Waals surface area contributed by atoms with Gasteiger partial charge in [0.1, 0.15) is 12.6 Å². The van der Waals surface area contributed by atoms with Gasteiger partial charge < -0.3 is 10.2 Å². The SMILES string of the molecule is O=C(NC[C@@H](c1cccs1)[NH+]1CCc2ccccc2C1)C1CC1. The Balaban J connectivity index is 1.50. The average molecular weight is 327 g/mol. The monoisotopic (exact) mass is 327 g/mol. The third-order valence-electron chi connectivity index (χ3n) is 5.06. The molecule has 2 N–H and O–H groups in total. The van der Waals surface area contributed by atoms with Crippen LogP contribution in [0, 0.1) is 5.92 Å². The molecule has 2 heterocycles. The molecule has 1 saturated carbocycles. The number of thiophene rings is 1. The molecule has 0 radical (unpaired) electrons. The molecule has 1 aliphatic carbocycles. The Labute approximate surface area is 141 Å². The molecule has 23 heavy (non-hydrogen) atoms. The summed E-state index contributed by atoms with van der Waals surface area (Å²) in [5.41, 5.74) is 2.95. The second kappa shape index (κ2) is 6.46. The molecule has 0 bridgehead atoms. The lowest BCUT2D eigenvalue weighted by Gasteiger charge is -2.32. The standard InChI is InChI=1S/C19H22N2OS/c22-19(15-7-8-15)20-12-17(18-6-3-11-23-18)21-10-9-14-4-1-2-5-16(14)13-21/h1-6,11,15,17H,7-10,12-13H2,(H,20,22)/p+1/t17-/m0/s1. The van der Waals surface area contributed by atoms with Crippen molar-refractivity contribution in [1.29, 1.82) is 0 Å². The molecule has 0 spiro atoms. The van der Waals surface area contributed by atoms with Crippen LogP contribution in [0.4, 0.5) is 0 Å². The smallest absolute Gasteiger partial charge is 0.223 e. The van der Waals surface area contributed by atoms with Gasteiger partial charge in [0.15, 0.2) is 0 Å². The van der Waals surface area contributed by atoms with E-state index < -0.39 is 0 Å². The first kappa shape index (κ1) is 14.9. The molecule has 2 atom stereocenters. The topological polar surface area (TPSA) is 33.5 Å². The predicted molar refractivity (Wildman–Crippen MR) is 92.5 cm³/mol. The molecule has 1 aromatic carbocycles. The number of carbonyl (C=O) groups is 1. The minimum atomic E-state index is 0.253. The normalized spacial score (nSPS) is 21.5. The van der Waals surface area contributed by atoms with Gasteiger partial charge in [-0.2, -0.15) is 0 Å². The predicted octanol–water partition coefficient (Wildman–Crippen LogP) is 1.96. The first-order valence-electron chi connectivity index (χ1n) is 8.54. The van der Waals surface area contributed by atoms with Crippen molar-refractivity contribution < 1.29 is 9.69 Å². The molecule has 0 saturated heterocycles. The molecule has 1 aromatic heterocycles. The number of hydrogen-bond donors (Lipinski definition) is 2. The lowest BCUT2D eigenvalue weighted by Crippen LogP contribution is -3.12. The number of rotatable bonds is 5. The number of hydrogen-bond acceptors (Lipinski definition) is 2. The highest BCUT2D eigenvalue weighted by atomic mass is 32.1.